The van der Waals surface area contributed by atoms with E-state index in [1.807, 2.05) is 6.92 Å². The van der Waals surface area contributed by atoms with Gasteiger partial charge in [-0.3, -0.25) is 9.59 Å². The second kappa shape index (κ2) is 4.68. The Kier molecular flexibility index (Phi) is 3.00. The van der Waals surface area contributed by atoms with Gasteiger partial charge in [-0.15, -0.1) is 0 Å². The minimum Gasteiger partial charge on any atom is -0.359 e. The van der Waals surface area contributed by atoms with Gasteiger partial charge in [-0.25, -0.2) is 0 Å². The van der Waals surface area contributed by atoms with E-state index in [1.165, 1.54) is 0 Å². The number of aryl methyl sites for hydroxylation is 1. The van der Waals surface area contributed by atoms with Gasteiger partial charge in [-0.2, -0.15) is 0 Å². The molecule has 2 amide bonds. The lowest BCUT2D eigenvalue weighted by molar-refractivity contribution is -0.158. The highest BCUT2D eigenvalue weighted by Crippen LogP contribution is 2.24. The average Bonchev–Trinajstić information content (AvgIpc) is 2.81. The van der Waals surface area contributed by atoms with Crippen molar-refractivity contribution in [3.8, 4) is 0 Å². The molecule has 6 nitrogen and oxygen atoms in total. The van der Waals surface area contributed by atoms with Crippen LogP contribution in [0.4, 0.5) is 0 Å². The summed E-state index contributed by atoms with van der Waals surface area (Å²) in [4.78, 5) is 27.8. The van der Waals surface area contributed by atoms with E-state index in [0.717, 1.165) is 25.0 Å². The van der Waals surface area contributed by atoms with Gasteiger partial charge in [0, 0.05) is 12.6 Å². The third-order valence-corrected chi connectivity index (χ3v) is 3.77. The van der Waals surface area contributed by atoms with E-state index in [-0.39, 0.29) is 24.4 Å². The highest BCUT2D eigenvalue weighted by atomic mass is 16.5. The summed E-state index contributed by atoms with van der Waals surface area (Å²) >= 11 is 0. The lowest BCUT2D eigenvalue weighted by atomic mass is 9.98. The lowest BCUT2D eigenvalue weighted by Gasteiger charge is -2.42. The number of rotatable bonds is 2. The molecule has 2 aliphatic rings. The van der Waals surface area contributed by atoms with Gasteiger partial charge in [0.05, 0.1) is 12.2 Å². The SMILES string of the molecule is Cc1cc(CN2CC(=O)N3CCCCC3C2=O)on1. The largest absolute Gasteiger partial charge is 0.359 e. The van der Waals surface area contributed by atoms with Crippen molar-refractivity contribution < 1.29 is 14.1 Å². The van der Waals surface area contributed by atoms with Crippen molar-refractivity contribution in [3.63, 3.8) is 0 Å². The molecule has 0 aromatic carbocycles. The van der Waals surface area contributed by atoms with Crippen molar-refractivity contribution in [1.82, 2.24) is 15.0 Å². The van der Waals surface area contributed by atoms with Gasteiger partial charge in [-0.1, -0.05) is 5.16 Å². The van der Waals surface area contributed by atoms with Gasteiger partial charge in [0.25, 0.3) is 0 Å². The Morgan fingerprint density at radius 1 is 1.42 bits per heavy atom. The van der Waals surface area contributed by atoms with Crippen molar-refractivity contribution >= 4 is 11.8 Å². The Morgan fingerprint density at radius 3 is 3.00 bits per heavy atom. The van der Waals surface area contributed by atoms with E-state index >= 15 is 0 Å². The van der Waals surface area contributed by atoms with Crippen LogP contribution in [0.3, 0.4) is 0 Å². The Balaban J connectivity index is 1.75. The predicted molar refractivity (Wildman–Crippen MR) is 66.0 cm³/mol. The first kappa shape index (κ1) is 12.2. The van der Waals surface area contributed by atoms with Crippen molar-refractivity contribution in [1.29, 1.82) is 0 Å². The van der Waals surface area contributed by atoms with Crippen LogP contribution < -0.4 is 0 Å². The van der Waals surface area contributed by atoms with Crippen molar-refractivity contribution in [2.24, 2.45) is 0 Å². The number of aromatic nitrogens is 1. The molecule has 6 heteroatoms. The maximum absolute atomic E-state index is 12.4. The Labute approximate surface area is 111 Å². The molecule has 0 saturated carbocycles. The average molecular weight is 263 g/mol. The molecule has 1 unspecified atom stereocenters. The maximum atomic E-state index is 12.4. The number of carbonyl (C=O) groups is 2. The fourth-order valence-electron chi connectivity index (χ4n) is 2.84. The third kappa shape index (κ3) is 2.22. The number of fused-ring (bicyclic) bond motifs is 1. The normalized spacial score (nSPS) is 23.7. The fourth-order valence-corrected chi connectivity index (χ4v) is 2.84. The smallest absolute Gasteiger partial charge is 0.246 e. The Bertz CT molecular complexity index is 511. The van der Waals surface area contributed by atoms with Crippen LogP contribution in [0.2, 0.25) is 0 Å². The van der Waals surface area contributed by atoms with Crippen molar-refractivity contribution in [3.05, 3.63) is 17.5 Å². The van der Waals surface area contributed by atoms with Crippen LogP contribution in [0.1, 0.15) is 30.7 Å². The summed E-state index contributed by atoms with van der Waals surface area (Å²) in [6.07, 6.45) is 2.78. The van der Waals surface area contributed by atoms with Crippen molar-refractivity contribution in [2.45, 2.75) is 38.8 Å². The number of nitrogens with zero attached hydrogens (tertiary/aromatic N) is 3. The highest BCUT2D eigenvalue weighted by molar-refractivity contribution is 5.95. The molecular formula is C13H17N3O3. The third-order valence-electron chi connectivity index (χ3n) is 3.77. The van der Waals surface area contributed by atoms with Gasteiger partial charge in [0.1, 0.15) is 12.6 Å². The first-order valence-corrected chi connectivity index (χ1v) is 6.65. The van der Waals surface area contributed by atoms with E-state index in [1.54, 1.807) is 15.9 Å². The zero-order chi connectivity index (χ0) is 13.4. The van der Waals surface area contributed by atoms with Crippen LogP contribution in [0, 0.1) is 6.92 Å². The number of amides is 2. The van der Waals surface area contributed by atoms with E-state index in [4.69, 9.17) is 4.52 Å². The summed E-state index contributed by atoms with van der Waals surface area (Å²) in [6.45, 7) is 3.02. The minimum absolute atomic E-state index is 0.0355. The standard InChI is InChI=1S/C13H17N3O3/c1-9-6-10(19-14-9)7-15-8-12(17)16-5-3-2-4-11(16)13(15)18/h6,11H,2-5,7-8H2,1H3. The molecule has 19 heavy (non-hydrogen) atoms. The molecule has 1 atom stereocenters. The van der Waals surface area contributed by atoms with E-state index in [0.29, 0.717) is 18.8 Å². The number of piperidine rings is 1. The number of hydrogen-bond acceptors (Lipinski definition) is 4. The molecule has 1 aromatic heterocycles. The Hall–Kier alpha value is -1.85. The molecule has 0 bridgehead atoms. The molecule has 0 aliphatic carbocycles. The quantitative estimate of drug-likeness (QED) is 0.788. The summed E-state index contributed by atoms with van der Waals surface area (Å²) < 4.78 is 5.12. The number of hydrogen-bond donors (Lipinski definition) is 0. The van der Waals surface area contributed by atoms with Crippen LogP contribution in [0.15, 0.2) is 10.6 Å². The summed E-state index contributed by atoms with van der Waals surface area (Å²) in [5.74, 6) is 0.705. The van der Waals surface area contributed by atoms with Crippen LogP contribution in [0.5, 0.6) is 0 Å². The highest BCUT2D eigenvalue weighted by Gasteiger charge is 2.40. The molecule has 102 valence electrons. The zero-order valence-corrected chi connectivity index (χ0v) is 11.0. The van der Waals surface area contributed by atoms with E-state index in [2.05, 4.69) is 5.16 Å². The van der Waals surface area contributed by atoms with Crippen LogP contribution in [-0.4, -0.2) is 45.9 Å². The second-order valence-corrected chi connectivity index (χ2v) is 5.23. The molecule has 1 aromatic rings. The molecule has 0 N–H and O–H groups in total. The molecule has 3 rings (SSSR count). The Morgan fingerprint density at radius 2 is 2.26 bits per heavy atom. The monoisotopic (exact) mass is 263 g/mol. The summed E-state index contributed by atoms with van der Waals surface area (Å²) in [5.41, 5.74) is 0.782. The molecular weight excluding hydrogens is 246 g/mol. The summed E-state index contributed by atoms with van der Waals surface area (Å²) in [7, 11) is 0. The van der Waals surface area contributed by atoms with Crippen molar-refractivity contribution in [2.75, 3.05) is 13.1 Å². The van der Waals surface area contributed by atoms with Crippen LogP contribution in [-0.2, 0) is 16.1 Å². The predicted octanol–water partition coefficient (Wildman–Crippen LogP) is 0.706. The van der Waals surface area contributed by atoms with Gasteiger partial charge in [-0.05, 0) is 26.2 Å². The first-order valence-electron chi connectivity index (χ1n) is 6.65. The van der Waals surface area contributed by atoms with E-state index in [9.17, 15) is 9.59 Å². The van der Waals surface area contributed by atoms with Gasteiger partial charge < -0.3 is 14.3 Å². The lowest BCUT2D eigenvalue weighted by Crippen LogP contribution is -2.60. The molecule has 2 aliphatic heterocycles. The number of carbonyl (C=O) groups excluding carboxylic acids is 2. The molecule has 3 heterocycles. The van der Waals surface area contributed by atoms with Gasteiger partial charge in [0.15, 0.2) is 5.76 Å². The topological polar surface area (TPSA) is 66.7 Å². The minimum atomic E-state index is -0.265. The molecule has 0 radical (unpaired) electrons. The fraction of sp³-hybridized carbons (Fsp3) is 0.615. The molecule has 2 fully saturated rings. The molecule has 0 spiro atoms. The number of piperazine rings is 1. The van der Waals surface area contributed by atoms with Crippen LogP contribution in [0.25, 0.3) is 0 Å². The van der Waals surface area contributed by atoms with Crippen LogP contribution >= 0.6 is 0 Å². The van der Waals surface area contributed by atoms with Gasteiger partial charge >= 0.3 is 0 Å². The zero-order valence-electron chi connectivity index (χ0n) is 11.0. The second-order valence-electron chi connectivity index (χ2n) is 5.23. The maximum Gasteiger partial charge on any atom is 0.246 e. The molecule has 2 saturated heterocycles. The summed E-state index contributed by atoms with van der Waals surface area (Å²) in [6, 6.07) is 1.53. The van der Waals surface area contributed by atoms with E-state index < -0.39 is 0 Å². The van der Waals surface area contributed by atoms with Gasteiger partial charge in [0.2, 0.25) is 11.8 Å². The first-order chi connectivity index (χ1) is 9.15. The summed E-state index contributed by atoms with van der Waals surface area (Å²) in [5, 5.41) is 3.80.